The van der Waals surface area contributed by atoms with Crippen LogP contribution in [0.4, 0.5) is 5.82 Å². The summed E-state index contributed by atoms with van der Waals surface area (Å²) in [4.78, 5) is 28.9. The van der Waals surface area contributed by atoms with E-state index in [1.54, 1.807) is 37.3 Å². The van der Waals surface area contributed by atoms with Gasteiger partial charge in [0.15, 0.2) is 22.7 Å². The van der Waals surface area contributed by atoms with E-state index in [9.17, 15) is 9.59 Å². The number of methoxy groups -OCH3 is 3. The molecule has 35 heavy (non-hydrogen) atoms. The minimum atomic E-state index is -0.863. The molecule has 2 aromatic heterocycles. The number of hydrogen-bond acceptors (Lipinski definition) is 8. The fourth-order valence-electron chi connectivity index (χ4n) is 4.51. The number of benzene rings is 2. The Hall–Kier alpha value is -4.27. The lowest BCUT2D eigenvalue weighted by Gasteiger charge is -2.24. The van der Waals surface area contributed by atoms with Gasteiger partial charge in [-0.2, -0.15) is 0 Å². The van der Waals surface area contributed by atoms with Gasteiger partial charge in [0.1, 0.15) is 11.3 Å². The first-order valence-electron chi connectivity index (χ1n) is 10.9. The van der Waals surface area contributed by atoms with Crippen molar-refractivity contribution in [2.45, 2.75) is 26.8 Å². The third kappa shape index (κ3) is 3.34. The maximum absolute atomic E-state index is 13.9. The molecule has 0 radical (unpaired) electrons. The van der Waals surface area contributed by atoms with Crippen molar-refractivity contribution in [3.05, 3.63) is 74.3 Å². The Bertz CT molecular complexity index is 1520. The Morgan fingerprint density at radius 1 is 0.886 bits per heavy atom. The molecule has 9 nitrogen and oxygen atoms in total. The van der Waals surface area contributed by atoms with Crippen LogP contribution in [-0.4, -0.2) is 32.4 Å². The quantitative estimate of drug-likeness (QED) is 0.415. The van der Waals surface area contributed by atoms with Crippen molar-refractivity contribution in [3.8, 4) is 17.2 Å². The van der Waals surface area contributed by atoms with Gasteiger partial charge in [0.2, 0.25) is 11.5 Å². The predicted octanol–water partition coefficient (Wildman–Crippen LogP) is 4.48. The SMILES string of the molecule is COc1cc([C@@H]2c3c(oc4cc(C)c(C)cc4c3=O)C(=O)N2c2cc(C)on2)cc(OC)c1OC. The van der Waals surface area contributed by atoms with Gasteiger partial charge >= 0.3 is 0 Å². The van der Waals surface area contributed by atoms with Gasteiger partial charge in [-0.05, 0) is 61.7 Å². The molecule has 0 saturated carbocycles. The number of aromatic nitrogens is 1. The summed E-state index contributed by atoms with van der Waals surface area (Å²) in [5, 5.41) is 4.45. The van der Waals surface area contributed by atoms with Gasteiger partial charge in [-0.3, -0.25) is 14.5 Å². The lowest BCUT2D eigenvalue weighted by Crippen LogP contribution is -2.29. The average molecular weight is 476 g/mol. The fourth-order valence-corrected chi connectivity index (χ4v) is 4.51. The Labute approximate surface area is 200 Å². The predicted molar refractivity (Wildman–Crippen MR) is 128 cm³/mol. The van der Waals surface area contributed by atoms with E-state index in [0.29, 0.717) is 39.5 Å². The second-order valence-electron chi connectivity index (χ2n) is 8.44. The minimum absolute atomic E-state index is 0.0369. The number of anilines is 1. The zero-order valence-corrected chi connectivity index (χ0v) is 20.2. The number of nitrogens with zero attached hydrogens (tertiary/aromatic N) is 2. The van der Waals surface area contributed by atoms with Gasteiger partial charge in [-0.15, -0.1) is 0 Å². The Morgan fingerprint density at radius 3 is 2.11 bits per heavy atom. The smallest absolute Gasteiger partial charge is 0.296 e. The molecule has 9 heteroatoms. The van der Waals surface area contributed by atoms with Crippen LogP contribution in [0.3, 0.4) is 0 Å². The summed E-state index contributed by atoms with van der Waals surface area (Å²) in [7, 11) is 4.51. The highest BCUT2D eigenvalue weighted by molar-refractivity contribution is 6.10. The van der Waals surface area contributed by atoms with Crippen LogP contribution in [0.1, 0.15) is 44.6 Å². The van der Waals surface area contributed by atoms with E-state index in [1.807, 2.05) is 13.8 Å². The number of ether oxygens (including phenoxy) is 3. The second kappa shape index (κ2) is 8.19. The molecule has 180 valence electrons. The summed E-state index contributed by atoms with van der Waals surface area (Å²) in [5.74, 6) is 1.40. The summed E-state index contributed by atoms with van der Waals surface area (Å²) < 4.78 is 27.8. The van der Waals surface area contributed by atoms with Crippen LogP contribution in [0.15, 0.2) is 44.1 Å². The first kappa shape index (κ1) is 22.5. The van der Waals surface area contributed by atoms with Crippen molar-refractivity contribution < 1.29 is 27.9 Å². The van der Waals surface area contributed by atoms with Crippen molar-refractivity contribution in [2.75, 3.05) is 26.2 Å². The lowest BCUT2D eigenvalue weighted by atomic mass is 9.96. The molecule has 5 rings (SSSR count). The van der Waals surface area contributed by atoms with E-state index < -0.39 is 11.9 Å². The molecule has 0 bridgehead atoms. The molecular formula is C26H24N2O7. The molecule has 4 aromatic rings. The van der Waals surface area contributed by atoms with Crippen molar-refractivity contribution in [1.82, 2.24) is 5.16 Å². The van der Waals surface area contributed by atoms with Crippen LogP contribution < -0.4 is 24.5 Å². The summed E-state index contributed by atoms with van der Waals surface area (Å²) in [6, 6.07) is 7.75. The molecule has 0 N–H and O–H groups in total. The van der Waals surface area contributed by atoms with Crippen molar-refractivity contribution in [2.24, 2.45) is 0 Å². The van der Waals surface area contributed by atoms with Crippen molar-refractivity contribution >= 4 is 22.7 Å². The molecule has 0 fully saturated rings. The highest BCUT2D eigenvalue weighted by atomic mass is 16.5. The number of rotatable bonds is 5. The van der Waals surface area contributed by atoms with Crippen LogP contribution in [0.5, 0.6) is 17.2 Å². The first-order valence-corrected chi connectivity index (χ1v) is 10.9. The van der Waals surface area contributed by atoms with E-state index >= 15 is 0 Å². The molecular weight excluding hydrogens is 452 g/mol. The largest absolute Gasteiger partial charge is 0.493 e. The monoisotopic (exact) mass is 476 g/mol. The van der Waals surface area contributed by atoms with Crippen LogP contribution in [0, 0.1) is 20.8 Å². The van der Waals surface area contributed by atoms with Gasteiger partial charge in [-0.25, -0.2) is 0 Å². The molecule has 2 aromatic carbocycles. The standard InChI is InChI=1S/C26H24N2O7/c1-12-7-16-17(8-13(12)2)34-25-21(23(16)29)22(28(26(25)30)20-9-14(3)35-27-20)15-10-18(31-4)24(33-6)19(11-15)32-5/h7-11,22H,1-6H3/t22-/m1/s1. The van der Waals surface area contributed by atoms with E-state index in [2.05, 4.69) is 5.16 Å². The molecule has 1 aliphatic heterocycles. The summed E-state index contributed by atoms with van der Waals surface area (Å²) in [6.07, 6.45) is 0. The van der Waals surface area contributed by atoms with E-state index in [1.165, 1.54) is 26.2 Å². The molecule has 1 atom stereocenters. The zero-order valence-electron chi connectivity index (χ0n) is 20.2. The molecule has 0 spiro atoms. The average Bonchev–Trinajstić information content (AvgIpc) is 3.40. The Balaban J connectivity index is 1.85. The van der Waals surface area contributed by atoms with Gasteiger partial charge in [0, 0.05) is 6.07 Å². The summed E-state index contributed by atoms with van der Waals surface area (Å²) in [6.45, 7) is 5.57. The number of fused-ring (bicyclic) bond motifs is 2. The van der Waals surface area contributed by atoms with Crippen LogP contribution >= 0.6 is 0 Å². The molecule has 1 aliphatic rings. The van der Waals surface area contributed by atoms with Gasteiger partial charge in [0.05, 0.1) is 38.3 Å². The molecule has 0 aliphatic carbocycles. The van der Waals surface area contributed by atoms with E-state index in [-0.39, 0.29) is 22.6 Å². The number of aryl methyl sites for hydroxylation is 3. The number of hydrogen-bond donors (Lipinski definition) is 0. The number of carbonyl (C=O) groups is 1. The molecule has 3 heterocycles. The maximum atomic E-state index is 13.9. The van der Waals surface area contributed by atoms with Crippen molar-refractivity contribution in [1.29, 1.82) is 0 Å². The maximum Gasteiger partial charge on any atom is 0.296 e. The van der Waals surface area contributed by atoms with Crippen LogP contribution in [-0.2, 0) is 0 Å². The van der Waals surface area contributed by atoms with Crippen LogP contribution in [0.25, 0.3) is 11.0 Å². The van der Waals surface area contributed by atoms with Gasteiger partial charge in [0.25, 0.3) is 5.91 Å². The summed E-state index contributed by atoms with van der Waals surface area (Å²) >= 11 is 0. The Kier molecular flexibility index (Phi) is 5.27. The lowest BCUT2D eigenvalue weighted by molar-refractivity contribution is 0.0969. The molecule has 0 unspecified atom stereocenters. The van der Waals surface area contributed by atoms with Crippen molar-refractivity contribution in [3.63, 3.8) is 0 Å². The molecule has 1 amide bonds. The normalized spacial score (nSPS) is 15.0. The highest BCUT2D eigenvalue weighted by Gasteiger charge is 2.45. The minimum Gasteiger partial charge on any atom is -0.493 e. The van der Waals surface area contributed by atoms with Gasteiger partial charge < -0.3 is 23.2 Å². The molecule has 0 saturated heterocycles. The third-order valence-electron chi connectivity index (χ3n) is 6.35. The topological polar surface area (TPSA) is 104 Å². The van der Waals surface area contributed by atoms with E-state index in [0.717, 1.165) is 11.1 Å². The zero-order chi connectivity index (χ0) is 25.0. The first-order chi connectivity index (χ1) is 16.8. The van der Waals surface area contributed by atoms with Crippen LogP contribution in [0.2, 0.25) is 0 Å². The second-order valence-corrected chi connectivity index (χ2v) is 8.44. The number of amides is 1. The third-order valence-corrected chi connectivity index (χ3v) is 6.35. The fraction of sp³-hybridized carbons (Fsp3) is 0.269. The Morgan fingerprint density at radius 2 is 1.54 bits per heavy atom. The van der Waals surface area contributed by atoms with E-state index in [4.69, 9.17) is 23.2 Å². The van der Waals surface area contributed by atoms with Gasteiger partial charge in [-0.1, -0.05) is 5.16 Å². The number of carbonyl (C=O) groups excluding carboxylic acids is 1. The summed E-state index contributed by atoms with van der Waals surface area (Å²) in [5.41, 5.74) is 2.73. The highest BCUT2D eigenvalue weighted by Crippen LogP contribution is 2.46.